The topological polar surface area (TPSA) is 84.6 Å². The Kier molecular flexibility index (Phi) is 3.93. The van der Waals surface area contributed by atoms with Crippen LogP contribution in [0.3, 0.4) is 0 Å². The first-order valence-electron chi connectivity index (χ1n) is 4.51. The van der Waals surface area contributed by atoms with Crippen molar-refractivity contribution in [2.75, 3.05) is 19.0 Å². The number of ether oxygens (including phenoxy) is 1. The van der Waals surface area contributed by atoms with Crippen LogP contribution in [0.2, 0.25) is 0 Å². The Morgan fingerprint density at radius 3 is 2.53 bits per heavy atom. The second kappa shape index (κ2) is 5.21. The van der Waals surface area contributed by atoms with Gasteiger partial charge in [0.05, 0.1) is 7.11 Å². The van der Waals surface area contributed by atoms with E-state index in [1.165, 1.54) is 0 Å². The molecule has 0 heterocycles. The van der Waals surface area contributed by atoms with Crippen LogP contribution >= 0.6 is 0 Å². The molecule has 4 N–H and O–H groups in total. The molecule has 1 unspecified atom stereocenters. The summed E-state index contributed by atoms with van der Waals surface area (Å²) in [5, 5.41) is 11.6. The van der Waals surface area contributed by atoms with Gasteiger partial charge in [0.15, 0.2) is 0 Å². The largest absolute Gasteiger partial charge is 0.497 e. The van der Waals surface area contributed by atoms with Crippen molar-refractivity contribution >= 4 is 11.7 Å². The van der Waals surface area contributed by atoms with E-state index in [1.54, 1.807) is 31.4 Å². The summed E-state index contributed by atoms with van der Waals surface area (Å²) in [6.07, 6.45) is 0. The quantitative estimate of drug-likeness (QED) is 0.659. The molecule has 1 atom stereocenters. The minimum atomic E-state index is -0.965. The molecule has 1 aromatic carbocycles. The van der Waals surface area contributed by atoms with Crippen molar-refractivity contribution in [3.63, 3.8) is 0 Å². The molecule has 0 saturated heterocycles. The van der Waals surface area contributed by atoms with Crippen LogP contribution in [0.4, 0.5) is 5.69 Å². The van der Waals surface area contributed by atoms with Crippen molar-refractivity contribution in [3.05, 3.63) is 24.3 Å². The number of hydrogen-bond donors (Lipinski definition) is 3. The number of carboxylic acid groups (broad SMARTS) is 1. The molecular weight excluding hydrogens is 196 g/mol. The van der Waals surface area contributed by atoms with Gasteiger partial charge in [0.25, 0.3) is 0 Å². The zero-order valence-electron chi connectivity index (χ0n) is 8.43. The maximum absolute atomic E-state index is 10.7. The summed E-state index contributed by atoms with van der Waals surface area (Å²) in [4.78, 5) is 10.7. The SMILES string of the molecule is COc1ccc(NC(CN)C(=O)O)cc1. The van der Waals surface area contributed by atoms with Gasteiger partial charge in [-0.3, -0.25) is 0 Å². The van der Waals surface area contributed by atoms with Gasteiger partial charge in [-0.25, -0.2) is 4.79 Å². The minimum absolute atomic E-state index is 0.0430. The normalized spacial score (nSPS) is 11.9. The summed E-state index contributed by atoms with van der Waals surface area (Å²) < 4.78 is 4.98. The number of nitrogens with two attached hydrogens (primary N) is 1. The average Bonchev–Trinajstić information content (AvgIpc) is 2.26. The van der Waals surface area contributed by atoms with E-state index < -0.39 is 12.0 Å². The number of carbonyl (C=O) groups is 1. The molecule has 15 heavy (non-hydrogen) atoms. The fourth-order valence-corrected chi connectivity index (χ4v) is 1.11. The van der Waals surface area contributed by atoms with E-state index in [-0.39, 0.29) is 6.54 Å². The summed E-state index contributed by atoms with van der Waals surface area (Å²) in [5.74, 6) is -0.242. The van der Waals surface area contributed by atoms with Gasteiger partial charge < -0.3 is 20.9 Å². The number of hydrogen-bond acceptors (Lipinski definition) is 4. The molecule has 0 aromatic heterocycles. The van der Waals surface area contributed by atoms with E-state index in [1.807, 2.05) is 0 Å². The molecule has 0 aliphatic heterocycles. The lowest BCUT2D eigenvalue weighted by atomic mass is 10.2. The molecule has 0 spiro atoms. The molecule has 1 aromatic rings. The Morgan fingerprint density at radius 1 is 1.53 bits per heavy atom. The number of benzene rings is 1. The number of anilines is 1. The lowest BCUT2D eigenvalue weighted by Crippen LogP contribution is -2.36. The van der Waals surface area contributed by atoms with E-state index in [0.717, 1.165) is 5.75 Å². The number of nitrogens with one attached hydrogen (secondary N) is 1. The van der Waals surface area contributed by atoms with Crippen LogP contribution in [0.25, 0.3) is 0 Å². The zero-order valence-corrected chi connectivity index (χ0v) is 8.43. The predicted molar refractivity (Wildman–Crippen MR) is 57.1 cm³/mol. The molecule has 5 heteroatoms. The van der Waals surface area contributed by atoms with Crippen LogP contribution in [0.5, 0.6) is 5.75 Å². The Morgan fingerprint density at radius 2 is 2.13 bits per heavy atom. The third-order valence-corrected chi connectivity index (χ3v) is 1.96. The maximum Gasteiger partial charge on any atom is 0.327 e. The van der Waals surface area contributed by atoms with Gasteiger partial charge in [-0.2, -0.15) is 0 Å². The Hall–Kier alpha value is -1.75. The predicted octanol–water partition coefficient (Wildman–Crippen LogP) is 0.519. The molecule has 0 fully saturated rings. The number of carboxylic acids is 1. The molecule has 82 valence electrons. The summed E-state index contributed by atoms with van der Waals surface area (Å²) in [5.41, 5.74) is 6.01. The molecular formula is C10H14N2O3. The van der Waals surface area contributed by atoms with E-state index in [9.17, 15) is 4.79 Å². The van der Waals surface area contributed by atoms with Crippen molar-refractivity contribution < 1.29 is 14.6 Å². The third kappa shape index (κ3) is 3.14. The van der Waals surface area contributed by atoms with E-state index in [2.05, 4.69) is 5.32 Å². The fourth-order valence-electron chi connectivity index (χ4n) is 1.11. The van der Waals surface area contributed by atoms with Gasteiger partial charge in [0.2, 0.25) is 0 Å². The summed E-state index contributed by atoms with van der Waals surface area (Å²) >= 11 is 0. The summed E-state index contributed by atoms with van der Waals surface area (Å²) in [7, 11) is 1.57. The van der Waals surface area contributed by atoms with Crippen LogP contribution in [0, 0.1) is 0 Å². The van der Waals surface area contributed by atoms with Crippen molar-refractivity contribution in [2.24, 2.45) is 5.73 Å². The van der Waals surface area contributed by atoms with E-state index >= 15 is 0 Å². The molecule has 0 aliphatic rings. The van der Waals surface area contributed by atoms with Crippen LogP contribution in [-0.4, -0.2) is 30.8 Å². The molecule has 0 saturated carbocycles. The van der Waals surface area contributed by atoms with Crippen molar-refractivity contribution in [2.45, 2.75) is 6.04 Å². The summed E-state index contributed by atoms with van der Waals surface area (Å²) in [6.45, 7) is 0.0430. The zero-order chi connectivity index (χ0) is 11.3. The highest BCUT2D eigenvalue weighted by Crippen LogP contribution is 2.15. The standard InChI is InChI=1S/C10H14N2O3/c1-15-8-4-2-7(3-5-8)12-9(6-11)10(13)14/h2-5,9,12H,6,11H2,1H3,(H,13,14). The van der Waals surface area contributed by atoms with E-state index in [0.29, 0.717) is 5.69 Å². The lowest BCUT2D eigenvalue weighted by Gasteiger charge is -2.13. The van der Waals surface area contributed by atoms with Crippen LogP contribution in [-0.2, 0) is 4.79 Å². The average molecular weight is 210 g/mol. The van der Waals surface area contributed by atoms with Gasteiger partial charge in [-0.1, -0.05) is 0 Å². The number of aliphatic carboxylic acids is 1. The van der Waals surface area contributed by atoms with Gasteiger partial charge in [-0.05, 0) is 24.3 Å². The van der Waals surface area contributed by atoms with Gasteiger partial charge in [0.1, 0.15) is 11.8 Å². The number of methoxy groups -OCH3 is 1. The van der Waals surface area contributed by atoms with Gasteiger partial charge in [-0.15, -0.1) is 0 Å². The molecule has 0 aliphatic carbocycles. The highest BCUT2D eigenvalue weighted by atomic mass is 16.5. The molecule has 0 amide bonds. The van der Waals surface area contributed by atoms with Gasteiger partial charge in [0, 0.05) is 12.2 Å². The smallest absolute Gasteiger partial charge is 0.327 e. The maximum atomic E-state index is 10.7. The minimum Gasteiger partial charge on any atom is -0.497 e. The molecule has 1 rings (SSSR count). The number of rotatable bonds is 5. The summed E-state index contributed by atoms with van der Waals surface area (Å²) in [6, 6.07) is 6.21. The van der Waals surface area contributed by atoms with Crippen molar-refractivity contribution in [3.8, 4) is 5.75 Å². The Balaban J connectivity index is 2.67. The van der Waals surface area contributed by atoms with Crippen LogP contribution in [0.1, 0.15) is 0 Å². The Labute approximate surface area is 87.9 Å². The highest BCUT2D eigenvalue weighted by Gasteiger charge is 2.14. The molecule has 5 nitrogen and oxygen atoms in total. The molecule has 0 radical (unpaired) electrons. The van der Waals surface area contributed by atoms with Crippen molar-refractivity contribution in [1.82, 2.24) is 0 Å². The van der Waals surface area contributed by atoms with E-state index in [4.69, 9.17) is 15.6 Å². The monoisotopic (exact) mass is 210 g/mol. The lowest BCUT2D eigenvalue weighted by molar-refractivity contribution is -0.137. The second-order valence-electron chi connectivity index (χ2n) is 3.00. The van der Waals surface area contributed by atoms with Crippen LogP contribution < -0.4 is 15.8 Å². The van der Waals surface area contributed by atoms with Crippen LogP contribution in [0.15, 0.2) is 24.3 Å². The first kappa shape index (κ1) is 11.3. The fraction of sp³-hybridized carbons (Fsp3) is 0.300. The highest BCUT2D eigenvalue weighted by molar-refractivity contribution is 5.77. The first-order valence-corrected chi connectivity index (χ1v) is 4.51. The third-order valence-electron chi connectivity index (χ3n) is 1.96. The first-order chi connectivity index (χ1) is 7.17. The Bertz CT molecular complexity index is 324. The van der Waals surface area contributed by atoms with Gasteiger partial charge >= 0.3 is 5.97 Å². The van der Waals surface area contributed by atoms with Crippen molar-refractivity contribution in [1.29, 1.82) is 0 Å². The molecule has 0 bridgehead atoms. The second-order valence-corrected chi connectivity index (χ2v) is 3.00.